The first kappa shape index (κ1) is 20.4. The molecule has 2 bridgehead atoms. The van der Waals surface area contributed by atoms with E-state index in [0.29, 0.717) is 35.7 Å². The Morgan fingerprint density at radius 1 is 1.04 bits per heavy atom. The van der Waals surface area contributed by atoms with Crippen LogP contribution in [0.25, 0.3) is 6.08 Å². The molecular weight excluding hydrogens is 366 g/mol. The van der Waals surface area contributed by atoms with E-state index < -0.39 is 18.2 Å². The normalized spacial score (nSPS) is 29.7. The van der Waals surface area contributed by atoms with Gasteiger partial charge in [-0.25, -0.2) is 4.79 Å². The van der Waals surface area contributed by atoms with Crippen LogP contribution in [0.1, 0.15) is 18.4 Å². The van der Waals surface area contributed by atoms with E-state index in [4.69, 9.17) is 18.9 Å². The van der Waals surface area contributed by atoms with E-state index in [-0.39, 0.29) is 18.2 Å². The highest BCUT2D eigenvalue weighted by Crippen LogP contribution is 2.39. The zero-order valence-corrected chi connectivity index (χ0v) is 16.5. The highest BCUT2D eigenvalue weighted by atomic mass is 16.5. The van der Waals surface area contributed by atoms with E-state index in [0.717, 1.165) is 0 Å². The SMILES string of the molecule is COc1cc(/C=C/C(=O)OC2C[C@@H]3[C@@H](O)[C@@H](O)[C@H](C2)N3C)cc(OC)c1OC. The average Bonchev–Trinajstić information content (AvgIpc) is 2.81. The van der Waals surface area contributed by atoms with Gasteiger partial charge in [0.25, 0.3) is 0 Å². The fourth-order valence-electron chi connectivity index (χ4n) is 4.09. The van der Waals surface area contributed by atoms with Crippen LogP contribution in [-0.4, -0.2) is 79.9 Å². The molecule has 2 fully saturated rings. The minimum atomic E-state index is -0.812. The van der Waals surface area contributed by atoms with Crippen molar-refractivity contribution in [2.24, 2.45) is 0 Å². The summed E-state index contributed by atoms with van der Waals surface area (Å²) in [7, 11) is 6.44. The molecule has 5 atom stereocenters. The molecule has 8 nitrogen and oxygen atoms in total. The summed E-state index contributed by atoms with van der Waals surface area (Å²) >= 11 is 0. The molecule has 1 unspecified atom stereocenters. The Kier molecular flexibility index (Phi) is 6.12. The number of esters is 1. The van der Waals surface area contributed by atoms with Crippen LogP contribution in [-0.2, 0) is 9.53 Å². The maximum Gasteiger partial charge on any atom is 0.331 e. The molecule has 0 aromatic heterocycles. The van der Waals surface area contributed by atoms with Crippen molar-refractivity contribution >= 4 is 12.0 Å². The lowest BCUT2D eigenvalue weighted by molar-refractivity contribution is -0.146. The Balaban J connectivity index is 1.66. The highest BCUT2D eigenvalue weighted by molar-refractivity contribution is 5.87. The summed E-state index contributed by atoms with van der Waals surface area (Å²) in [5.41, 5.74) is 0.695. The van der Waals surface area contributed by atoms with E-state index in [1.54, 1.807) is 18.2 Å². The molecule has 0 spiro atoms. The lowest BCUT2D eigenvalue weighted by Gasteiger charge is -2.35. The first-order valence-corrected chi connectivity index (χ1v) is 9.16. The molecule has 2 heterocycles. The number of aliphatic hydroxyl groups excluding tert-OH is 2. The molecule has 2 aliphatic heterocycles. The Morgan fingerprint density at radius 3 is 2.04 bits per heavy atom. The summed E-state index contributed by atoms with van der Waals surface area (Å²) < 4.78 is 21.4. The predicted octanol–water partition coefficient (Wildman–Crippen LogP) is 0.836. The second kappa shape index (κ2) is 8.38. The summed E-state index contributed by atoms with van der Waals surface area (Å²) in [6, 6.07) is 3.05. The smallest absolute Gasteiger partial charge is 0.331 e. The number of rotatable bonds is 6. The Hall–Kier alpha value is -2.29. The van der Waals surface area contributed by atoms with E-state index in [2.05, 4.69) is 0 Å². The molecule has 1 aromatic carbocycles. The molecule has 2 N–H and O–H groups in total. The molecule has 0 radical (unpaired) electrons. The number of hydrogen-bond acceptors (Lipinski definition) is 8. The van der Waals surface area contributed by atoms with Gasteiger partial charge in [0.1, 0.15) is 6.10 Å². The van der Waals surface area contributed by atoms with Crippen molar-refractivity contribution in [1.29, 1.82) is 0 Å². The number of benzene rings is 1. The molecule has 8 heteroatoms. The predicted molar refractivity (Wildman–Crippen MR) is 102 cm³/mol. The van der Waals surface area contributed by atoms with Crippen molar-refractivity contribution in [3.8, 4) is 17.2 Å². The molecule has 0 amide bonds. The number of methoxy groups -OCH3 is 3. The molecule has 2 saturated heterocycles. The van der Waals surface area contributed by atoms with Gasteiger partial charge in [-0.15, -0.1) is 0 Å². The average molecular weight is 393 g/mol. The molecule has 154 valence electrons. The van der Waals surface area contributed by atoms with Gasteiger partial charge >= 0.3 is 5.97 Å². The minimum Gasteiger partial charge on any atom is -0.493 e. The number of carbonyl (C=O) groups excluding carboxylic acids is 1. The monoisotopic (exact) mass is 393 g/mol. The van der Waals surface area contributed by atoms with Gasteiger partial charge in [-0.05, 0) is 30.8 Å². The van der Waals surface area contributed by atoms with Gasteiger partial charge < -0.3 is 29.2 Å². The highest BCUT2D eigenvalue weighted by Gasteiger charge is 2.51. The van der Waals surface area contributed by atoms with Gasteiger partial charge in [0.05, 0.1) is 33.5 Å². The van der Waals surface area contributed by atoms with Crippen LogP contribution in [0, 0.1) is 0 Å². The zero-order chi connectivity index (χ0) is 20.4. The van der Waals surface area contributed by atoms with E-state index in [1.165, 1.54) is 27.4 Å². The topological polar surface area (TPSA) is 97.7 Å². The molecule has 2 aliphatic rings. The number of ether oxygens (including phenoxy) is 4. The number of nitrogens with zero attached hydrogens (tertiary/aromatic N) is 1. The summed E-state index contributed by atoms with van der Waals surface area (Å²) in [5.74, 6) is 0.977. The number of piperidine rings is 1. The standard InChI is InChI=1S/C20H27NO7/c1-21-13-9-12(10-14(21)19(24)18(13)23)28-17(22)6-5-11-7-15(25-2)20(27-4)16(8-11)26-3/h5-8,12-14,18-19,23-24H,9-10H2,1-4H3/b6-5+/t12?,13-,14+,18-,19+. The van der Waals surface area contributed by atoms with Gasteiger partial charge in [-0.1, -0.05) is 0 Å². The van der Waals surface area contributed by atoms with Gasteiger partial charge in [-0.3, -0.25) is 4.90 Å². The quantitative estimate of drug-likeness (QED) is 0.542. The minimum absolute atomic E-state index is 0.203. The van der Waals surface area contributed by atoms with Crippen LogP contribution < -0.4 is 14.2 Å². The first-order chi connectivity index (χ1) is 13.4. The van der Waals surface area contributed by atoms with Crippen molar-refractivity contribution in [2.75, 3.05) is 28.4 Å². The maximum atomic E-state index is 12.3. The van der Waals surface area contributed by atoms with E-state index in [1.807, 2.05) is 11.9 Å². The van der Waals surface area contributed by atoms with E-state index >= 15 is 0 Å². The zero-order valence-electron chi connectivity index (χ0n) is 16.5. The molecule has 0 aliphatic carbocycles. The van der Waals surface area contributed by atoms with Crippen molar-refractivity contribution in [3.63, 3.8) is 0 Å². The fraction of sp³-hybridized carbons (Fsp3) is 0.550. The van der Waals surface area contributed by atoms with Crippen molar-refractivity contribution in [2.45, 2.75) is 43.2 Å². The number of hydrogen-bond donors (Lipinski definition) is 2. The first-order valence-electron chi connectivity index (χ1n) is 9.16. The largest absolute Gasteiger partial charge is 0.493 e. The summed E-state index contributed by atoms with van der Waals surface area (Å²) in [6.45, 7) is 0. The molecule has 1 aromatic rings. The van der Waals surface area contributed by atoms with Crippen LogP contribution in [0.2, 0.25) is 0 Å². The Morgan fingerprint density at radius 2 is 1.57 bits per heavy atom. The number of fused-ring (bicyclic) bond motifs is 2. The van der Waals surface area contributed by atoms with E-state index in [9.17, 15) is 15.0 Å². The lowest BCUT2D eigenvalue weighted by atomic mass is 10.00. The lowest BCUT2D eigenvalue weighted by Crippen LogP contribution is -2.45. The third-order valence-electron chi connectivity index (χ3n) is 5.58. The third kappa shape index (κ3) is 3.80. The summed E-state index contributed by atoms with van der Waals surface area (Å²) in [5, 5.41) is 20.2. The van der Waals surface area contributed by atoms with Gasteiger partial charge in [-0.2, -0.15) is 0 Å². The van der Waals surface area contributed by atoms with Crippen LogP contribution >= 0.6 is 0 Å². The second-order valence-corrected chi connectivity index (χ2v) is 7.10. The fourth-order valence-corrected chi connectivity index (χ4v) is 4.09. The summed E-state index contributed by atoms with van der Waals surface area (Å²) in [6.07, 6.45) is 1.98. The van der Waals surface area contributed by atoms with Crippen LogP contribution in [0.3, 0.4) is 0 Å². The number of carbonyl (C=O) groups is 1. The molecular formula is C20H27NO7. The second-order valence-electron chi connectivity index (χ2n) is 7.10. The number of aliphatic hydroxyl groups is 2. The van der Waals surface area contributed by atoms with Gasteiger partial charge in [0, 0.05) is 31.0 Å². The Labute approximate surface area is 164 Å². The van der Waals surface area contributed by atoms with Crippen LogP contribution in [0.15, 0.2) is 18.2 Å². The van der Waals surface area contributed by atoms with Gasteiger partial charge in [0.15, 0.2) is 11.5 Å². The molecule has 0 saturated carbocycles. The molecule has 3 rings (SSSR count). The van der Waals surface area contributed by atoms with Crippen molar-refractivity contribution < 1.29 is 34.0 Å². The van der Waals surface area contributed by atoms with Crippen molar-refractivity contribution in [1.82, 2.24) is 4.90 Å². The van der Waals surface area contributed by atoms with Crippen LogP contribution in [0.4, 0.5) is 0 Å². The maximum absolute atomic E-state index is 12.3. The van der Waals surface area contributed by atoms with Gasteiger partial charge in [0.2, 0.25) is 5.75 Å². The van der Waals surface area contributed by atoms with Crippen molar-refractivity contribution in [3.05, 3.63) is 23.8 Å². The van der Waals surface area contributed by atoms with Crippen LogP contribution in [0.5, 0.6) is 17.2 Å². The number of likely N-dealkylation sites (N-methyl/N-ethyl adjacent to an activating group) is 1. The molecule has 28 heavy (non-hydrogen) atoms. The Bertz CT molecular complexity index is 699. The third-order valence-corrected chi connectivity index (χ3v) is 5.58. The summed E-state index contributed by atoms with van der Waals surface area (Å²) in [4.78, 5) is 14.2.